The van der Waals surface area contributed by atoms with Crippen molar-refractivity contribution in [2.75, 3.05) is 13.1 Å². The molecular weight excluding hydrogens is 316 g/mol. The number of imide groups is 1. The van der Waals surface area contributed by atoms with Crippen LogP contribution >= 0.6 is 11.8 Å². The van der Waals surface area contributed by atoms with E-state index in [4.69, 9.17) is 4.42 Å². The van der Waals surface area contributed by atoms with Crippen LogP contribution in [-0.2, 0) is 4.79 Å². The second-order valence-electron chi connectivity index (χ2n) is 5.22. The summed E-state index contributed by atoms with van der Waals surface area (Å²) in [4.78, 5) is 25.0. The Labute approximate surface area is 137 Å². The van der Waals surface area contributed by atoms with Crippen LogP contribution in [0.2, 0.25) is 0 Å². The van der Waals surface area contributed by atoms with Gasteiger partial charge in [-0.3, -0.25) is 9.69 Å². The first kappa shape index (κ1) is 15.5. The number of hydrogen-bond acceptors (Lipinski definition) is 6. The highest BCUT2D eigenvalue weighted by atomic mass is 32.2. The fraction of sp³-hybridized carbons (Fsp3) is 0.333. The van der Waals surface area contributed by atoms with Crippen LogP contribution in [0.15, 0.2) is 33.9 Å². The van der Waals surface area contributed by atoms with Crippen molar-refractivity contribution in [3.8, 4) is 11.5 Å². The number of carbonyl (C=O) groups excluding carboxylic acids is 2. The Morgan fingerprint density at radius 2 is 2.09 bits per heavy atom. The number of hydrogen-bond donors (Lipinski definition) is 1. The lowest BCUT2D eigenvalue weighted by Crippen LogP contribution is -2.38. The zero-order chi connectivity index (χ0) is 16.4. The van der Waals surface area contributed by atoms with Crippen LogP contribution in [0.1, 0.15) is 12.5 Å². The summed E-state index contributed by atoms with van der Waals surface area (Å²) in [5, 5.41) is 10.4. The number of urea groups is 1. The topological polar surface area (TPSA) is 88.3 Å². The molecule has 1 aromatic carbocycles. The number of nitrogens with one attached hydrogen (secondary N) is 1. The fourth-order valence-corrected chi connectivity index (χ4v) is 2.92. The normalized spacial score (nSPS) is 15.6. The number of carbonyl (C=O) groups is 2. The molecule has 0 radical (unpaired) electrons. The number of thioether (sulfide) groups is 1. The molecule has 120 valence electrons. The molecule has 2 aromatic rings. The largest absolute Gasteiger partial charge is 0.411 e. The molecule has 3 rings (SSSR count). The molecule has 1 fully saturated rings. The summed E-state index contributed by atoms with van der Waals surface area (Å²) in [5.41, 5.74) is 1.97. The van der Waals surface area contributed by atoms with Crippen molar-refractivity contribution >= 4 is 23.7 Å². The molecule has 1 aliphatic heterocycles. The van der Waals surface area contributed by atoms with E-state index in [-0.39, 0.29) is 11.9 Å². The third kappa shape index (κ3) is 3.37. The molecule has 7 nitrogen and oxygen atoms in total. The average Bonchev–Trinajstić information content (AvgIpc) is 3.16. The lowest BCUT2D eigenvalue weighted by Gasteiger charge is -2.15. The first-order valence-electron chi connectivity index (χ1n) is 7.21. The maximum atomic E-state index is 12.2. The van der Waals surface area contributed by atoms with Gasteiger partial charge in [0.05, 0.1) is 5.25 Å². The monoisotopic (exact) mass is 332 g/mol. The van der Waals surface area contributed by atoms with E-state index in [9.17, 15) is 9.59 Å². The number of benzene rings is 1. The molecule has 1 atom stereocenters. The first-order valence-corrected chi connectivity index (χ1v) is 8.09. The maximum absolute atomic E-state index is 12.2. The van der Waals surface area contributed by atoms with Gasteiger partial charge in [-0.05, 0) is 26.0 Å². The predicted octanol–water partition coefficient (Wildman–Crippen LogP) is 2.08. The van der Waals surface area contributed by atoms with E-state index >= 15 is 0 Å². The van der Waals surface area contributed by atoms with E-state index in [0.29, 0.717) is 24.2 Å². The van der Waals surface area contributed by atoms with Crippen LogP contribution in [0.3, 0.4) is 0 Å². The van der Waals surface area contributed by atoms with Crippen molar-refractivity contribution in [1.82, 2.24) is 20.4 Å². The second kappa shape index (κ2) is 6.41. The summed E-state index contributed by atoms with van der Waals surface area (Å²) >= 11 is 1.15. The Morgan fingerprint density at radius 1 is 1.35 bits per heavy atom. The number of amides is 3. The third-order valence-corrected chi connectivity index (χ3v) is 4.37. The van der Waals surface area contributed by atoms with E-state index in [1.165, 1.54) is 4.90 Å². The van der Waals surface area contributed by atoms with Gasteiger partial charge in [0.25, 0.3) is 5.22 Å². The van der Waals surface area contributed by atoms with Crippen LogP contribution in [0.25, 0.3) is 11.5 Å². The number of aryl methyl sites for hydroxylation is 1. The van der Waals surface area contributed by atoms with Gasteiger partial charge in [-0.15, -0.1) is 10.2 Å². The molecule has 1 aliphatic rings. The molecule has 0 aliphatic carbocycles. The summed E-state index contributed by atoms with van der Waals surface area (Å²) in [6.45, 7) is 4.59. The molecule has 0 bridgehead atoms. The van der Waals surface area contributed by atoms with Crippen molar-refractivity contribution in [2.24, 2.45) is 0 Å². The summed E-state index contributed by atoms with van der Waals surface area (Å²) < 4.78 is 5.59. The Kier molecular flexibility index (Phi) is 4.33. The van der Waals surface area contributed by atoms with Crippen LogP contribution in [-0.4, -0.2) is 45.4 Å². The fourth-order valence-electron chi connectivity index (χ4n) is 2.17. The van der Waals surface area contributed by atoms with Gasteiger partial charge in [-0.25, -0.2) is 4.79 Å². The molecule has 0 saturated carbocycles. The van der Waals surface area contributed by atoms with Crippen molar-refractivity contribution in [2.45, 2.75) is 24.3 Å². The molecule has 23 heavy (non-hydrogen) atoms. The van der Waals surface area contributed by atoms with Gasteiger partial charge in [0.1, 0.15) is 0 Å². The van der Waals surface area contributed by atoms with Crippen LogP contribution in [0, 0.1) is 6.92 Å². The molecular formula is C15H16N4O3S. The predicted molar refractivity (Wildman–Crippen MR) is 84.9 cm³/mol. The Balaban J connectivity index is 1.67. The van der Waals surface area contributed by atoms with Gasteiger partial charge in [0, 0.05) is 18.7 Å². The zero-order valence-electron chi connectivity index (χ0n) is 12.8. The van der Waals surface area contributed by atoms with E-state index in [1.54, 1.807) is 6.92 Å². The Hall–Kier alpha value is -2.35. The third-order valence-electron chi connectivity index (χ3n) is 3.45. The molecule has 1 saturated heterocycles. The quantitative estimate of drug-likeness (QED) is 0.862. The number of nitrogens with zero attached hydrogens (tertiary/aromatic N) is 3. The van der Waals surface area contributed by atoms with Crippen LogP contribution < -0.4 is 5.32 Å². The van der Waals surface area contributed by atoms with Gasteiger partial charge in [0.15, 0.2) is 0 Å². The minimum Gasteiger partial charge on any atom is -0.411 e. The SMILES string of the molecule is Cc1ccc(-c2nnc(SC(C)C(=O)N3CCNC3=O)o2)cc1. The smallest absolute Gasteiger partial charge is 0.324 e. The molecule has 1 unspecified atom stereocenters. The summed E-state index contributed by atoms with van der Waals surface area (Å²) in [5.74, 6) is 0.145. The summed E-state index contributed by atoms with van der Waals surface area (Å²) in [6.07, 6.45) is 0. The van der Waals surface area contributed by atoms with Crippen LogP contribution in [0.5, 0.6) is 0 Å². The van der Waals surface area contributed by atoms with E-state index in [2.05, 4.69) is 15.5 Å². The summed E-state index contributed by atoms with van der Waals surface area (Å²) in [7, 11) is 0. The molecule has 8 heteroatoms. The average molecular weight is 332 g/mol. The van der Waals surface area contributed by atoms with E-state index in [1.807, 2.05) is 31.2 Å². The van der Waals surface area contributed by atoms with Gasteiger partial charge < -0.3 is 9.73 Å². The van der Waals surface area contributed by atoms with Crippen molar-refractivity contribution < 1.29 is 14.0 Å². The lowest BCUT2D eigenvalue weighted by atomic mass is 10.1. The Bertz CT molecular complexity index is 729. The molecule has 1 N–H and O–H groups in total. The van der Waals surface area contributed by atoms with Gasteiger partial charge in [-0.1, -0.05) is 29.5 Å². The molecule has 3 amide bonds. The van der Waals surface area contributed by atoms with Crippen LogP contribution in [0.4, 0.5) is 4.79 Å². The van der Waals surface area contributed by atoms with Gasteiger partial charge in [-0.2, -0.15) is 0 Å². The highest BCUT2D eigenvalue weighted by Crippen LogP contribution is 2.27. The minimum atomic E-state index is -0.481. The van der Waals surface area contributed by atoms with Crippen molar-refractivity contribution in [3.63, 3.8) is 0 Å². The van der Waals surface area contributed by atoms with E-state index in [0.717, 1.165) is 22.9 Å². The van der Waals surface area contributed by atoms with E-state index < -0.39 is 5.25 Å². The number of rotatable bonds is 4. The Morgan fingerprint density at radius 3 is 2.74 bits per heavy atom. The lowest BCUT2D eigenvalue weighted by molar-refractivity contribution is -0.126. The standard InChI is InChI=1S/C15H16N4O3S/c1-9-3-5-11(6-4-9)12-17-18-15(22-12)23-10(2)13(20)19-8-7-16-14(19)21/h3-6,10H,7-8H2,1-2H3,(H,16,21). The molecule has 0 spiro atoms. The molecule has 2 heterocycles. The molecule has 1 aromatic heterocycles. The maximum Gasteiger partial charge on any atom is 0.324 e. The highest BCUT2D eigenvalue weighted by molar-refractivity contribution is 8.00. The van der Waals surface area contributed by atoms with Gasteiger partial charge >= 0.3 is 6.03 Å². The van der Waals surface area contributed by atoms with Crippen molar-refractivity contribution in [3.05, 3.63) is 29.8 Å². The second-order valence-corrected chi connectivity index (χ2v) is 6.51. The minimum absolute atomic E-state index is 0.264. The zero-order valence-corrected chi connectivity index (χ0v) is 13.6. The first-order chi connectivity index (χ1) is 11.0. The highest BCUT2D eigenvalue weighted by Gasteiger charge is 2.31. The summed E-state index contributed by atoms with van der Waals surface area (Å²) in [6, 6.07) is 7.38. The van der Waals surface area contributed by atoms with Gasteiger partial charge in [0.2, 0.25) is 11.8 Å². The van der Waals surface area contributed by atoms with Crippen molar-refractivity contribution in [1.29, 1.82) is 0 Å². The number of aromatic nitrogens is 2.